The third-order valence-electron chi connectivity index (χ3n) is 4.49. The molecule has 24 heavy (non-hydrogen) atoms. The number of hydrogen-bond donors (Lipinski definition) is 1. The van der Waals surface area contributed by atoms with Crippen LogP contribution < -0.4 is 5.32 Å². The minimum atomic E-state index is -3.47. The molecule has 1 saturated carbocycles. The molecule has 6 nitrogen and oxygen atoms in total. The topological polar surface area (TPSA) is 81.1 Å². The van der Waals surface area contributed by atoms with Crippen molar-refractivity contribution in [3.8, 4) is 0 Å². The molecule has 2 aromatic rings. The molecule has 0 unspecified atom stereocenters. The van der Waals surface area contributed by atoms with Crippen LogP contribution in [0.1, 0.15) is 47.8 Å². The van der Waals surface area contributed by atoms with Gasteiger partial charge >= 0.3 is 0 Å². The van der Waals surface area contributed by atoms with Gasteiger partial charge in [-0.05, 0) is 31.9 Å². The Hall–Kier alpha value is -2.15. The van der Waals surface area contributed by atoms with Crippen LogP contribution in [-0.4, -0.2) is 30.4 Å². The van der Waals surface area contributed by atoms with Crippen LogP contribution in [-0.2, 0) is 9.84 Å². The zero-order valence-corrected chi connectivity index (χ0v) is 14.6. The molecular formula is C17H21N3O3S. The lowest BCUT2D eigenvalue weighted by Crippen LogP contribution is -2.16. The quantitative estimate of drug-likeness (QED) is 0.922. The number of carbonyl (C=O) groups is 1. The second-order valence-electron chi connectivity index (χ2n) is 6.25. The lowest BCUT2D eigenvalue weighted by molar-refractivity contribution is 0.102. The second kappa shape index (κ2) is 6.39. The summed E-state index contributed by atoms with van der Waals surface area (Å²) in [6.07, 6.45) is 7.34. The largest absolute Gasteiger partial charge is 0.319 e. The van der Waals surface area contributed by atoms with Gasteiger partial charge in [0, 0.05) is 6.26 Å². The number of nitrogens with zero attached hydrogens (tertiary/aromatic N) is 2. The van der Waals surface area contributed by atoms with Gasteiger partial charge in [0.15, 0.2) is 9.84 Å². The van der Waals surface area contributed by atoms with E-state index in [-0.39, 0.29) is 10.5 Å². The van der Waals surface area contributed by atoms with Crippen molar-refractivity contribution in [2.75, 3.05) is 11.6 Å². The fourth-order valence-electron chi connectivity index (χ4n) is 3.23. The molecule has 1 amide bonds. The molecular weight excluding hydrogens is 326 g/mol. The summed E-state index contributed by atoms with van der Waals surface area (Å²) in [6.45, 7) is 1.92. The van der Waals surface area contributed by atoms with Crippen LogP contribution in [0.3, 0.4) is 0 Å². The highest BCUT2D eigenvalue weighted by Crippen LogP contribution is 2.31. The number of hydrogen-bond acceptors (Lipinski definition) is 4. The molecule has 0 atom stereocenters. The zero-order chi connectivity index (χ0) is 17.3. The van der Waals surface area contributed by atoms with Gasteiger partial charge in [-0.2, -0.15) is 5.10 Å². The average Bonchev–Trinajstić information content (AvgIpc) is 3.17. The summed E-state index contributed by atoms with van der Waals surface area (Å²) in [5.41, 5.74) is 1.66. The van der Waals surface area contributed by atoms with E-state index >= 15 is 0 Å². The summed E-state index contributed by atoms with van der Waals surface area (Å²) < 4.78 is 25.7. The predicted octanol–water partition coefficient (Wildman–Crippen LogP) is 2.96. The Kier molecular flexibility index (Phi) is 4.45. The smallest absolute Gasteiger partial charge is 0.257 e. The molecule has 1 aromatic carbocycles. The molecule has 1 aliphatic rings. The van der Waals surface area contributed by atoms with Crippen molar-refractivity contribution in [1.29, 1.82) is 0 Å². The van der Waals surface area contributed by atoms with Crippen LogP contribution in [0.4, 0.5) is 5.69 Å². The van der Waals surface area contributed by atoms with Crippen LogP contribution >= 0.6 is 0 Å². The van der Waals surface area contributed by atoms with Crippen molar-refractivity contribution in [1.82, 2.24) is 9.78 Å². The first kappa shape index (κ1) is 16.7. The van der Waals surface area contributed by atoms with E-state index in [1.54, 1.807) is 18.3 Å². The SMILES string of the molecule is Cc1c(NC(=O)c2ccccc2S(C)(=O)=O)cnn1C1CCCC1. The summed E-state index contributed by atoms with van der Waals surface area (Å²) in [7, 11) is -3.47. The molecule has 0 saturated heterocycles. The Morgan fingerprint density at radius 3 is 2.58 bits per heavy atom. The number of rotatable bonds is 4. The van der Waals surface area contributed by atoms with Gasteiger partial charge in [-0.3, -0.25) is 9.48 Å². The highest BCUT2D eigenvalue weighted by Gasteiger charge is 2.22. The molecule has 1 N–H and O–H groups in total. The summed E-state index contributed by atoms with van der Waals surface area (Å²) in [6, 6.07) is 6.61. The van der Waals surface area contributed by atoms with E-state index in [9.17, 15) is 13.2 Å². The van der Waals surface area contributed by atoms with Crippen molar-refractivity contribution in [3.05, 3.63) is 41.7 Å². The fourth-order valence-corrected chi connectivity index (χ4v) is 4.12. The molecule has 3 rings (SSSR count). The first-order valence-electron chi connectivity index (χ1n) is 8.02. The van der Waals surface area contributed by atoms with Gasteiger partial charge in [0.1, 0.15) is 0 Å². The summed E-state index contributed by atoms with van der Waals surface area (Å²) in [5.74, 6) is -0.440. The lowest BCUT2D eigenvalue weighted by Gasteiger charge is -2.13. The Balaban J connectivity index is 1.86. The van der Waals surface area contributed by atoms with E-state index in [2.05, 4.69) is 10.4 Å². The van der Waals surface area contributed by atoms with E-state index in [1.807, 2.05) is 11.6 Å². The monoisotopic (exact) mass is 347 g/mol. The number of amides is 1. The molecule has 1 aromatic heterocycles. The van der Waals surface area contributed by atoms with E-state index in [0.717, 1.165) is 24.8 Å². The molecule has 0 aliphatic heterocycles. The maximum atomic E-state index is 12.6. The Labute approximate surface area is 141 Å². The van der Waals surface area contributed by atoms with Crippen molar-refractivity contribution >= 4 is 21.4 Å². The molecule has 0 bridgehead atoms. The first-order valence-corrected chi connectivity index (χ1v) is 9.91. The first-order chi connectivity index (χ1) is 11.4. The number of anilines is 1. The lowest BCUT2D eigenvalue weighted by atomic mass is 10.2. The third kappa shape index (κ3) is 3.21. The van der Waals surface area contributed by atoms with Gasteiger partial charge in [0.05, 0.1) is 34.1 Å². The van der Waals surface area contributed by atoms with Gasteiger partial charge in [-0.25, -0.2) is 8.42 Å². The van der Waals surface area contributed by atoms with E-state index in [1.165, 1.54) is 25.0 Å². The summed E-state index contributed by atoms with van der Waals surface area (Å²) in [4.78, 5) is 12.6. The summed E-state index contributed by atoms with van der Waals surface area (Å²) in [5, 5.41) is 7.20. The number of carbonyl (C=O) groups excluding carboxylic acids is 1. The van der Waals surface area contributed by atoms with Crippen molar-refractivity contribution in [2.24, 2.45) is 0 Å². The molecule has 1 heterocycles. The van der Waals surface area contributed by atoms with Crippen molar-refractivity contribution in [3.63, 3.8) is 0 Å². The van der Waals surface area contributed by atoms with Crippen molar-refractivity contribution in [2.45, 2.75) is 43.5 Å². The van der Waals surface area contributed by atoms with Gasteiger partial charge in [-0.1, -0.05) is 25.0 Å². The average molecular weight is 347 g/mol. The number of nitrogens with one attached hydrogen (secondary N) is 1. The van der Waals surface area contributed by atoms with E-state index in [4.69, 9.17) is 0 Å². The predicted molar refractivity (Wildman–Crippen MR) is 92.0 cm³/mol. The Bertz CT molecular complexity index is 865. The molecule has 7 heteroatoms. The molecule has 1 fully saturated rings. The summed E-state index contributed by atoms with van der Waals surface area (Å²) >= 11 is 0. The minimum Gasteiger partial charge on any atom is -0.319 e. The standard InChI is InChI=1S/C17H21N3O3S/c1-12-15(11-18-20(12)13-7-3-4-8-13)19-17(21)14-9-5-6-10-16(14)24(2,22)23/h5-6,9-11,13H,3-4,7-8H2,1-2H3,(H,19,21). The van der Waals surface area contributed by atoms with Gasteiger partial charge in [0.2, 0.25) is 0 Å². The third-order valence-corrected chi connectivity index (χ3v) is 5.65. The molecule has 128 valence electrons. The molecule has 0 radical (unpaired) electrons. The van der Waals surface area contributed by atoms with Gasteiger partial charge < -0.3 is 5.32 Å². The number of benzene rings is 1. The minimum absolute atomic E-state index is 0.0309. The Morgan fingerprint density at radius 2 is 1.92 bits per heavy atom. The highest BCUT2D eigenvalue weighted by molar-refractivity contribution is 7.90. The zero-order valence-electron chi connectivity index (χ0n) is 13.8. The molecule has 0 spiro atoms. The van der Waals surface area contributed by atoms with Crippen LogP contribution in [0.5, 0.6) is 0 Å². The van der Waals surface area contributed by atoms with Crippen molar-refractivity contribution < 1.29 is 13.2 Å². The fraction of sp³-hybridized carbons (Fsp3) is 0.412. The van der Waals surface area contributed by atoms with Crippen LogP contribution in [0.2, 0.25) is 0 Å². The Morgan fingerprint density at radius 1 is 1.25 bits per heavy atom. The van der Waals surface area contributed by atoms with E-state index < -0.39 is 15.7 Å². The maximum Gasteiger partial charge on any atom is 0.257 e. The van der Waals surface area contributed by atoms with Crippen LogP contribution in [0, 0.1) is 6.92 Å². The van der Waals surface area contributed by atoms with Gasteiger partial charge in [0.25, 0.3) is 5.91 Å². The highest BCUT2D eigenvalue weighted by atomic mass is 32.2. The van der Waals surface area contributed by atoms with Crippen LogP contribution in [0.15, 0.2) is 35.4 Å². The van der Waals surface area contributed by atoms with E-state index in [0.29, 0.717) is 11.7 Å². The van der Waals surface area contributed by atoms with Gasteiger partial charge in [-0.15, -0.1) is 0 Å². The number of aromatic nitrogens is 2. The van der Waals surface area contributed by atoms with Crippen LogP contribution in [0.25, 0.3) is 0 Å². The normalized spacial score (nSPS) is 15.6. The number of sulfone groups is 1. The molecule has 1 aliphatic carbocycles. The second-order valence-corrected chi connectivity index (χ2v) is 8.23. The maximum absolute atomic E-state index is 12.6.